The molecule has 3 N–H and O–H groups in total. The van der Waals surface area contributed by atoms with Gasteiger partial charge in [0, 0.05) is 12.7 Å². The van der Waals surface area contributed by atoms with Crippen LogP contribution in [0.15, 0.2) is 29.4 Å². The highest BCUT2D eigenvalue weighted by molar-refractivity contribution is 7.92. The van der Waals surface area contributed by atoms with Crippen LogP contribution in [0.2, 0.25) is 0 Å². The number of rotatable bonds is 2. The van der Waals surface area contributed by atoms with E-state index in [0.717, 1.165) is 4.90 Å². The maximum Gasteiger partial charge on any atom is 0.315 e. The van der Waals surface area contributed by atoms with Crippen molar-refractivity contribution in [1.82, 2.24) is 9.88 Å². The largest absolute Gasteiger partial charge is 0.390 e. The molecule has 110 valence electrons. The van der Waals surface area contributed by atoms with Gasteiger partial charge in [-0.3, -0.25) is 0 Å². The molecular weight excluding hydrogens is 282 g/mol. The quantitative estimate of drug-likeness (QED) is 0.804. The van der Waals surface area contributed by atoms with Gasteiger partial charge in [-0.15, -0.1) is 0 Å². The van der Waals surface area contributed by atoms with E-state index >= 15 is 0 Å². The first-order valence-corrected chi connectivity index (χ1v) is 7.88. The van der Waals surface area contributed by atoms with Gasteiger partial charge in [-0.05, 0) is 31.4 Å². The molecular formula is C12H17N3O4S. The number of carbonyl (C=O) groups excluding carboxylic acids is 1. The number of sulfone groups is 1. The molecule has 2 atom stereocenters. The van der Waals surface area contributed by atoms with E-state index in [-0.39, 0.29) is 11.6 Å². The van der Waals surface area contributed by atoms with Gasteiger partial charge in [0.15, 0.2) is 10.4 Å². The maximum atomic E-state index is 12.6. The number of pyridine rings is 1. The lowest BCUT2D eigenvalue weighted by molar-refractivity contribution is 0.110. The van der Waals surface area contributed by atoms with Crippen molar-refractivity contribution in [2.45, 2.75) is 35.8 Å². The summed E-state index contributed by atoms with van der Waals surface area (Å²) in [4.78, 5) is 16.3. The van der Waals surface area contributed by atoms with E-state index in [1.807, 2.05) is 0 Å². The van der Waals surface area contributed by atoms with Crippen LogP contribution in [0.25, 0.3) is 0 Å². The van der Waals surface area contributed by atoms with E-state index in [4.69, 9.17) is 5.73 Å². The monoisotopic (exact) mass is 299 g/mol. The highest BCUT2D eigenvalue weighted by Crippen LogP contribution is 2.25. The molecule has 0 spiro atoms. The van der Waals surface area contributed by atoms with Crippen molar-refractivity contribution in [2.75, 3.05) is 6.54 Å². The van der Waals surface area contributed by atoms with Gasteiger partial charge in [-0.1, -0.05) is 6.07 Å². The van der Waals surface area contributed by atoms with E-state index < -0.39 is 27.3 Å². The van der Waals surface area contributed by atoms with Crippen molar-refractivity contribution < 1.29 is 18.3 Å². The zero-order valence-corrected chi connectivity index (χ0v) is 11.7. The molecule has 1 aliphatic heterocycles. The van der Waals surface area contributed by atoms with E-state index in [0.29, 0.717) is 19.3 Å². The number of amides is 2. The lowest BCUT2D eigenvalue weighted by Crippen LogP contribution is -2.52. The predicted octanol–water partition coefficient (Wildman–Crippen LogP) is 0.107. The number of urea groups is 1. The Bertz CT molecular complexity index is 576. The lowest BCUT2D eigenvalue weighted by Gasteiger charge is -2.30. The summed E-state index contributed by atoms with van der Waals surface area (Å²) in [6, 6.07) is 3.62. The van der Waals surface area contributed by atoms with Gasteiger partial charge in [-0.2, -0.15) is 0 Å². The second-order valence-electron chi connectivity index (χ2n) is 4.70. The average molecular weight is 299 g/mol. The van der Waals surface area contributed by atoms with E-state index in [1.165, 1.54) is 18.3 Å². The number of aliphatic hydroxyl groups is 1. The third-order valence-corrected chi connectivity index (χ3v) is 5.34. The molecule has 0 saturated carbocycles. The van der Waals surface area contributed by atoms with Crippen LogP contribution in [0.5, 0.6) is 0 Å². The summed E-state index contributed by atoms with van der Waals surface area (Å²) < 4.78 is 25.2. The van der Waals surface area contributed by atoms with Crippen LogP contribution >= 0.6 is 0 Å². The average Bonchev–Trinajstić information content (AvgIpc) is 2.62. The van der Waals surface area contributed by atoms with Crippen LogP contribution in [0.1, 0.15) is 19.3 Å². The van der Waals surface area contributed by atoms with Crippen molar-refractivity contribution in [1.29, 1.82) is 0 Å². The molecule has 8 heteroatoms. The number of nitrogens with two attached hydrogens (primary N) is 1. The Morgan fingerprint density at radius 2 is 2.15 bits per heavy atom. The molecule has 0 bridgehead atoms. The smallest absolute Gasteiger partial charge is 0.315 e. The Kier molecular flexibility index (Phi) is 4.24. The third kappa shape index (κ3) is 2.75. The number of hydrogen-bond donors (Lipinski definition) is 2. The summed E-state index contributed by atoms with van der Waals surface area (Å²) in [7, 11) is -3.96. The van der Waals surface area contributed by atoms with Gasteiger partial charge in [0.2, 0.25) is 9.84 Å². The number of carbonyl (C=O) groups is 1. The standard InChI is InChI=1S/C12H17N3O4S/c13-12(17)15-8-4-2-5-9(16)11(15)20(18,19)10-6-1-3-7-14-10/h1,3,6-7,9,11,16H,2,4-5,8H2,(H2,13,17). The lowest BCUT2D eigenvalue weighted by atomic mass is 10.2. The first kappa shape index (κ1) is 14.7. The predicted molar refractivity (Wildman–Crippen MR) is 71.4 cm³/mol. The van der Waals surface area contributed by atoms with Gasteiger partial charge >= 0.3 is 6.03 Å². The fraction of sp³-hybridized carbons (Fsp3) is 0.500. The molecule has 0 aliphatic carbocycles. The molecule has 1 saturated heterocycles. The summed E-state index contributed by atoms with van der Waals surface area (Å²) in [5.41, 5.74) is 5.26. The van der Waals surface area contributed by atoms with Crippen LogP contribution in [0.3, 0.4) is 0 Å². The summed E-state index contributed by atoms with van der Waals surface area (Å²) in [6.07, 6.45) is 1.73. The van der Waals surface area contributed by atoms with Gasteiger partial charge in [0.05, 0.1) is 6.10 Å². The molecule has 2 rings (SSSR count). The molecule has 7 nitrogen and oxygen atoms in total. The van der Waals surface area contributed by atoms with Crippen molar-refractivity contribution >= 4 is 15.9 Å². The van der Waals surface area contributed by atoms with Gasteiger partial charge in [0.25, 0.3) is 0 Å². The number of aromatic nitrogens is 1. The van der Waals surface area contributed by atoms with Crippen LogP contribution < -0.4 is 5.73 Å². The molecule has 20 heavy (non-hydrogen) atoms. The number of nitrogens with zero attached hydrogens (tertiary/aromatic N) is 2. The Labute approximate surface area is 117 Å². The van der Waals surface area contributed by atoms with Crippen molar-refractivity contribution in [3.05, 3.63) is 24.4 Å². The topological polar surface area (TPSA) is 114 Å². The van der Waals surface area contributed by atoms with E-state index in [2.05, 4.69) is 4.98 Å². The number of likely N-dealkylation sites (tertiary alicyclic amines) is 1. The second-order valence-corrected chi connectivity index (χ2v) is 6.69. The fourth-order valence-electron chi connectivity index (χ4n) is 2.36. The minimum Gasteiger partial charge on any atom is -0.390 e. The highest BCUT2D eigenvalue weighted by Gasteiger charge is 2.42. The molecule has 2 amide bonds. The molecule has 0 aromatic carbocycles. The Balaban J connectivity index is 2.47. The highest BCUT2D eigenvalue weighted by atomic mass is 32.2. The SMILES string of the molecule is NC(=O)N1CCCCC(O)C1S(=O)(=O)c1ccccn1. The summed E-state index contributed by atoms with van der Waals surface area (Å²) >= 11 is 0. The van der Waals surface area contributed by atoms with Crippen LogP contribution in [-0.2, 0) is 9.84 Å². The molecule has 2 unspecified atom stereocenters. The van der Waals surface area contributed by atoms with Gasteiger partial charge < -0.3 is 15.7 Å². The molecule has 2 heterocycles. The van der Waals surface area contributed by atoms with Crippen molar-refractivity contribution in [3.8, 4) is 0 Å². The van der Waals surface area contributed by atoms with Gasteiger partial charge in [-0.25, -0.2) is 18.2 Å². The number of primary amides is 1. The minimum absolute atomic E-state index is 0.169. The van der Waals surface area contributed by atoms with Gasteiger partial charge in [0.1, 0.15) is 0 Å². The first-order chi connectivity index (χ1) is 9.44. The molecule has 1 fully saturated rings. The van der Waals surface area contributed by atoms with Crippen molar-refractivity contribution in [2.24, 2.45) is 5.73 Å². The third-order valence-electron chi connectivity index (χ3n) is 3.32. The first-order valence-electron chi connectivity index (χ1n) is 6.33. The fourth-order valence-corrected chi connectivity index (χ4v) is 4.18. The zero-order chi connectivity index (χ0) is 14.8. The number of aliphatic hydroxyl groups excluding tert-OH is 1. The number of hydrogen-bond acceptors (Lipinski definition) is 5. The minimum atomic E-state index is -3.96. The zero-order valence-electron chi connectivity index (χ0n) is 10.8. The summed E-state index contributed by atoms with van der Waals surface area (Å²) in [6.45, 7) is 0.211. The summed E-state index contributed by atoms with van der Waals surface area (Å²) in [5.74, 6) is 0. The van der Waals surface area contributed by atoms with E-state index in [1.54, 1.807) is 6.07 Å². The Morgan fingerprint density at radius 1 is 1.40 bits per heavy atom. The van der Waals surface area contributed by atoms with Crippen LogP contribution in [0, 0.1) is 0 Å². The molecule has 1 aliphatic rings. The molecule has 1 aromatic heterocycles. The van der Waals surface area contributed by atoms with E-state index in [9.17, 15) is 18.3 Å². The van der Waals surface area contributed by atoms with Crippen LogP contribution in [-0.4, -0.2) is 47.5 Å². The molecule has 1 aromatic rings. The normalized spacial score (nSPS) is 24.1. The second kappa shape index (κ2) is 5.76. The van der Waals surface area contributed by atoms with Crippen molar-refractivity contribution in [3.63, 3.8) is 0 Å². The Morgan fingerprint density at radius 3 is 2.75 bits per heavy atom. The summed E-state index contributed by atoms with van der Waals surface area (Å²) in [5, 5.41) is 8.56. The maximum absolute atomic E-state index is 12.6. The molecule has 0 radical (unpaired) electrons. The Hall–Kier alpha value is -1.67. The van der Waals surface area contributed by atoms with Crippen LogP contribution in [0.4, 0.5) is 4.79 Å².